The highest BCUT2D eigenvalue weighted by Gasteiger charge is 2.10. The lowest BCUT2D eigenvalue weighted by atomic mass is 10.2. The molecule has 0 unspecified atom stereocenters. The number of hydrogen-bond donors (Lipinski definition) is 1. The van der Waals surface area contributed by atoms with E-state index in [0.717, 1.165) is 6.07 Å². The van der Waals surface area contributed by atoms with Gasteiger partial charge in [-0.2, -0.15) is 0 Å². The molecule has 0 aromatic heterocycles. The lowest BCUT2D eigenvalue weighted by Crippen LogP contribution is -2.12. The Labute approximate surface area is 80.4 Å². The van der Waals surface area contributed by atoms with Crippen LogP contribution >= 0.6 is 11.6 Å². The molecule has 0 radical (unpaired) electrons. The van der Waals surface area contributed by atoms with Crippen molar-refractivity contribution in [3.05, 3.63) is 29.6 Å². The summed E-state index contributed by atoms with van der Waals surface area (Å²) in [6.07, 6.45) is 0. The number of nitrogens with two attached hydrogens (primary N) is 1. The zero-order chi connectivity index (χ0) is 10.1. The largest absolute Gasteiger partial charge is 0.238 e. The van der Waals surface area contributed by atoms with E-state index in [1.807, 2.05) is 0 Å². The van der Waals surface area contributed by atoms with Gasteiger partial charge in [0.25, 0.3) is 0 Å². The second-order valence-electron chi connectivity index (χ2n) is 2.43. The van der Waals surface area contributed by atoms with Crippen molar-refractivity contribution in [3.8, 4) is 0 Å². The summed E-state index contributed by atoms with van der Waals surface area (Å²) in [4.78, 5) is -0.251. The summed E-state index contributed by atoms with van der Waals surface area (Å²) >= 11 is 5.38. The van der Waals surface area contributed by atoms with Crippen LogP contribution < -0.4 is 5.14 Å². The van der Waals surface area contributed by atoms with Crippen molar-refractivity contribution < 1.29 is 12.8 Å². The van der Waals surface area contributed by atoms with Gasteiger partial charge in [-0.3, -0.25) is 0 Å². The van der Waals surface area contributed by atoms with E-state index < -0.39 is 15.8 Å². The molecule has 0 aliphatic carbocycles. The summed E-state index contributed by atoms with van der Waals surface area (Å²) in [6.45, 7) is 0. The minimum Gasteiger partial charge on any atom is -0.225 e. The standard InChI is InChI=1S/C7H7ClFNO2S/c8-4-5-1-2-6(3-7(5)9)13(10,11)12/h1-3H,4H2,(H2,10,11,12). The van der Waals surface area contributed by atoms with Crippen LogP contribution in [-0.4, -0.2) is 8.42 Å². The van der Waals surface area contributed by atoms with Crippen LogP contribution in [0.2, 0.25) is 0 Å². The maximum atomic E-state index is 13.0. The topological polar surface area (TPSA) is 60.2 Å². The number of primary sulfonamides is 1. The van der Waals surface area contributed by atoms with Gasteiger partial charge in [0, 0.05) is 5.56 Å². The van der Waals surface area contributed by atoms with Crippen LogP contribution in [0, 0.1) is 5.82 Å². The monoisotopic (exact) mass is 223 g/mol. The molecule has 1 rings (SSSR count). The molecule has 0 aliphatic rings. The lowest BCUT2D eigenvalue weighted by molar-refractivity contribution is 0.590. The third-order valence-electron chi connectivity index (χ3n) is 1.50. The minimum absolute atomic E-state index is 0.00324. The fourth-order valence-electron chi connectivity index (χ4n) is 0.813. The second kappa shape index (κ2) is 3.61. The van der Waals surface area contributed by atoms with E-state index >= 15 is 0 Å². The molecule has 0 saturated carbocycles. The summed E-state index contributed by atoms with van der Waals surface area (Å²) in [6, 6.07) is 3.37. The summed E-state index contributed by atoms with van der Waals surface area (Å²) in [7, 11) is -3.83. The predicted molar refractivity (Wildman–Crippen MR) is 47.3 cm³/mol. The fourth-order valence-corrected chi connectivity index (χ4v) is 1.56. The molecule has 0 saturated heterocycles. The average Bonchev–Trinajstić information content (AvgIpc) is 2.02. The number of halogens is 2. The molecule has 0 spiro atoms. The lowest BCUT2D eigenvalue weighted by Gasteiger charge is -2.01. The highest BCUT2D eigenvalue weighted by atomic mass is 35.5. The normalized spacial score (nSPS) is 11.6. The highest BCUT2D eigenvalue weighted by Crippen LogP contribution is 2.14. The molecule has 0 atom stereocenters. The predicted octanol–water partition coefficient (Wildman–Crippen LogP) is 1.21. The smallest absolute Gasteiger partial charge is 0.225 e. The van der Waals surface area contributed by atoms with Crippen LogP contribution in [0.25, 0.3) is 0 Å². The molecule has 0 aliphatic heterocycles. The van der Waals surface area contributed by atoms with Gasteiger partial charge in [0.05, 0.1) is 10.8 Å². The zero-order valence-electron chi connectivity index (χ0n) is 6.50. The van der Waals surface area contributed by atoms with Crippen LogP contribution in [-0.2, 0) is 15.9 Å². The first-order chi connectivity index (χ1) is 5.95. The number of rotatable bonds is 2. The molecule has 1 aromatic rings. The van der Waals surface area contributed by atoms with E-state index in [1.165, 1.54) is 12.1 Å². The molecule has 3 nitrogen and oxygen atoms in total. The van der Waals surface area contributed by atoms with E-state index in [9.17, 15) is 12.8 Å². The van der Waals surface area contributed by atoms with Crippen molar-refractivity contribution in [1.82, 2.24) is 0 Å². The maximum Gasteiger partial charge on any atom is 0.238 e. The molecule has 0 amide bonds. The first-order valence-corrected chi connectivity index (χ1v) is 5.40. The van der Waals surface area contributed by atoms with Crippen molar-refractivity contribution in [1.29, 1.82) is 0 Å². The maximum absolute atomic E-state index is 13.0. The Bertz CT molecular complexity index is 419. The van der Waals surface area contributed by atoms with Crippen LogP contribution in [0.1, 0.15) is 5.56 Å². The van der Waals surface area contributed by atoms with E-state index in [0.29, 0.717) is 0 Å². The number of alkyl halides is 1. The Balaban J connectivity index is 3.26. The molecule has 2 N–H and O–H groups in total. The van der Waals surface area contributed by atoms with Crippen molar-refractivity contribution in [3.63, 3.8) is 0 Å². The highest BCUT2D eigenvalue weighted by molar-refractivity contribution is 7.89. The first kappa shape index (κ1) is 10.4. The molecule has 0 heterocycles. The molecular weight excluding hydrogens is 217 g/mol. The molecule has 6 heteroatoms. The molecular formula is C7H7ClFNO2S. The number of benzene rings is 1. The quantitative estimate of drug-likeness (QED) is 0.767. The molecule has 13 heavy (non-hydrogen) atoms. The van der Waals surface area contributed by atoms with Crippen LogP contribution in [0.5, 0.6) is 0 Å². The second-order valence-corrected chi connectivity index (χ2v) is 4.26. The molecule has 72 valence electrons. The molecule has 1 aromatic carbocycles. The van der Waals surface area contributed by atoms with E-state index in [4.69, 9.17) is 16.7 Å². The minimum atomic E-state index is -3.83. The average molecular weight is 224 g/mol. The Morgan fingerprint density at radius 2 is 2.08 bits per heavy atom. The summed E-state index contributed by atoms with van der Waals surface area (Å²) < 4.78 is 34.5. The van der Waals surface area contributed by atoms with E-state index in [1.54, 1.807) is 0 Å². The van der Waals surface area contributed by atoms with Crippen molar-refractivity contribution >= 4 is 21.6 Å². The fraction of sp³-hybridized carbons (Fsp3) is 0.143. The Morgan fingerprint density at radius 3 is 2.46 bits per heavy atom. The van der Waals surface area contributed by atoms with Crippen LogP contribution in [0.3, 0.4) is 0 Å². The van der Waals surface area contributed by atoms with Gasteiger partial charge >= 0.3 is 0 Å². The molecule has 0 bridgehead atoms. The SMILES string of the molecule is NS(=O)(=O)c1ccc(CCl)c(F)c1. The number of sulfonamides is 1. The van der Waals surface area contributed by atoms with Gasteiger partial charge in [-0.15, -0.1) is 11.6 Å². The molecule has 0 fully saturated rings. The van der Waals surface area contributed by atoms with Crippen LogP contribution in [0.4, 0.5) is 4.39 Å². The van der Waals surface area contributed by atoms with Gasteiger partial charge in [-0.25, -0.2) is 17.9 Å². The van der Waals surface area contributed by atoms with Crippen molar-refractivity contribution in [2.75, 3.05) is 0 Å². The number of hydrogen-bond acceptors (Lipinski definition) is 2. The van der Waals surface area contributed by atoms with E-state index in [2.05, 4.69) is 0 Å². The first-order valence-electron chi connectivity index (χ1n) is 3.32. The Morgan fingerprint density at radius 1 is 1.46 bits per heavy atom. The summed E-state index contributed by atoms with van der Waals surface area (Å²) in [5.74, 6) is -0.668. The Hall–Kier alpha value is -0.650. The zero-order valence-corrected chi connectivity index (χ0v) is 8.07. The van der Waals surface area contributed by atoms with E-state index in [-0.39, 0.29) is 16.3 Å². The van der Waals surface area contributed by atoms with Crippen LogP contribution in [0.15, 0.2) is 23.1 Å². The van der Waals surface area contributed by atoms with Crippen molar-refractivity contribution in [2.24, 2.45) is 5.14 Å². The summed E-state index contributed by atoms with van der Waals surface area (Å²) in [5, 5.41) is 4.79. The van der Waals surface area contributed by atoms with Gasteiger partial charge in [0.1, 0.15) is 5.82 Å². The van der Waals surface area contributed by atoms with Gasteiger partial charge in [0.2, 0.25) is 10.0 Å². The van der Waals surface area contributed by atoms with Gasteiger partial charge in [-0.05, 0) is 12.1 Å². The van der Waals surface area contributed by atoms with Gasteiger partial charge in [0.15, 0.2) is 0 Å². The third kappa shape index (κ3) is 2.40. The third-order valence-corrected chi connectivity index (χ3v) is 2.70. The summed E-state index contributed by atoms with van der Waals surface area (Å²) in [5.41, 5.74) is 0.245. The van der Waals surface area contributed by atoms with Gasteiger partial charge in [-0.1, -0.05) is 6.07 Å². The van der Waals surface area contributed by atoms with Gasteiger partial charge < -0.3 is 0 Å². The van der Waals surface area contributed by atoms with Crippen molar-refractivity contribution in [2.45, 2.75) is 10.8 Å². The Kier molecular flexibility index (Phi) is 2.90.